The topological polar surface area (TPSA) is 50.8 Å². The Morgan fingerprint density at radius 1 is 1.06 bits per heavy atom. The first-order chi connectivity index (χ1) is 16.6. The minimum absolute atomic E-state index is 0.111. The lowest BCUT2D eigenvalue weighted by Crippen LogP contribution is -2.26. The van der Waals surface area contributed by atoms with Crippen LogP contribution in [-0.4, -0.2) is 16.4 Å². The largest absolute Gasteiger partial charge is 0.490 e. The van der Waals surface area contributed by atoms with Gasteiger partial charge in [0, 0.05) is 10.9 Å². The van der Waals surface area contributed by atoms with Crippen molar-refractivity contribution in [3.63, 3.8) is 0 Å². The lowest BCUT2D eigenvalue weighted by Gasteiger charge is -2.32. The smallest absolute Gasteiger partial charge is 0.166 e. The molecule has 3 aromatic rings. The van der Waals surface area contributed by atoms with Crippen molar-refractivity contribution < 1.29 is 9.13 Å². The van der Waals surface area contributed by atoms with Crippen molar-refractivity contribution in [2.75, 3.05) is 6.61 Å². The van der Waals surface area contributed by atoms with E-state index in [1.54, 1.807) is 12.1 Å². The molecule has 0 saturated heterocycles. The Hall–Kier alpha value is -2.84. The summed E-state index contributed by atoms with van der Waals surface area (Å²) in [6.07, 6.45) is 10.3. The van der Waals surface area contributed by atoms with Crippen LogP contribution in [0.4, 0.5) is 4.39 Å². The number of hydrogen-bond donors (Lipinski definition) is 0. The number of ether oxygens (including phenoxy) is 1. The molecular formula is C28H29ClFN3O. The van der Waals surface area contributed by atoms with E-state index in [0.29, 0.717) is 23.1 Å². The third kappa shape index (κ3) is 4.70. The zero-order valence-electron chi connectivity index (χ0n) is 19.3. The average Bonchev–Trinajstić information content (AvgIpc) is 3.25. The van der Waals surface area contributed by atoms with Gasteiger partial charge in [-0.05, 0) is 92.5 Å². The van der Waals surface area contributed by atoms with Crippen molar-refractivity contribution in [3.05, 3.63) is 75.8 Å². The van der Waals surface area contributed by atoms with Gasteiger partial charge in [0.1, 0.15) is 0 Å². The number of halogens is 2. The van der Waals surface area contributed by atoms with Crippen LogP contribution in [0, 0.1) is 23.1 Å². The van der Waals surface area contributed by atoms with Crippen molar-refractivity contribution in [2.45, 2.75) is 63.7 Å². The monoisotopic (exact) mass is 477 g/mol. The van der Waals surface area contributed by atoms with Crippen LogP contribution in [0.3, 0.4) is 0 Å². The minimum atomic E-state index is -0.491. The molecule has 1 heterocycles. The standard InChI is InChI=1S/C28H29ClFN3O/c29-21-11-13-22(14-12-21)33-28(23-8-4-5-9-26(23)32-33)24(20-6-2-1-3-7-20)18-34-27-15-10-19(17-31)16-25(27)30/h10-16,20,24H,1-9,18H2. The van der Waals surface area contributed by atoms with E-state index in [0.717, 1.165) is 44.2 Å². The molecule has 176 valence electrons. The fourth-order valence-electron chi connectivity index (χ4n) is 5.58. The molecule has 34 heavy (non-hydrogen) atoms. The van der Waals surface area contributed by atoms with Gasteiger partial charge in [0.2, 0.25) is 0 Å². The highest BCUT2D eigenvalue weighted by Crippen LogP contribution is 2.41. The number of benzene rings is 2. The summed E-state index contributed by atoms with van der Waals surface area (Å²) in [7, 11) is 0. The number of hydrogen-bond acceptors (Lipinski definition) is 3. The molecule has 2 aromatic carbocycles. The molecule has 0 bridgehead atoms. The molecule has 0 N–H and O–H groups in total. The van der Waals surface area contributed by atoms with Gasteiger partial charge >= 0.3 is 0 Å². The van der Waals surface area contributed by atoms with Crippen LogP contribution in [0.5, 0.6) is 5.75 Å². The molecule has 4 nitrogen and oxygen atoms in total. The first kappa shape index (κ1) is 22.9. The Kier molecular flexibility index (Phi) is 6.87. The van der Waals surface area contributed by atoms with Crippen molar-refractivity contribution in [3.8, 4) is 17.5 Å². The summed E-state index contributed by atoms with van der Waals surface area (Å²) in [5.74, 6) is 0.283. The Balaban J connectivity index is 1.55. The molecule has 5 rings (SSSR count). The highest BCUT2D eigenvalue weighted by atomic mass is 35.5. The maximum Gasteiger partial charge on any atom is 0.166 e. The number of aromatic nitrogens is 2. The molecule has 2 aliphatic carbocycles. The molecule has 1 aromatic heterocycles. The quantitative estimate of drug-likeness (QED) is 0.378. The van der Waals surface area contributed by atoms with Crippen LogP contribution in [-0.2, 0) is 12.8 Å². The first-order valence-electron chi connectivity index (χ1n) is 12.3. The molecular weight excluding hydrogens is 449 g/mol. The summed E-state index contributed by atoms with van der Waals surface area (Å²) < 4.78 is 22.9. The lowest BCUT2D eigenvalue weighted by molar-refractivity contribution is 0.201. The van der Waals surface area contributed by atoms with E-state index < -0.39 is 5.82 Å². The van der Waals surface area contributed by atoms with Crippen LogP contribution in [0.1, 0.15) is 73.4 Å². The number of rotatable bonds is 6. The number of fused-ring (bicyclic) bond motifs is 1. The van der Waals surface area contributed by atoms with Crippen molar-refractivity contribution >= 4 is 11.6 Å². The Morgan fingerprint density at radius 3 is 2.56 bits per heavy atom. The predicted molar refractivity (Wildman–Crippen MR) is 131 cm³/mol. The summed E-state index contributed by atoms with van der Waals surface area (Å²) in [5.41, 5.74) is 5.04. The van der Waals surface area contributed by atoms with E-state index in [9.17, 15) is 4.39 Å². The highest BCUT2D eigenvalue weighted by Gasteiger charge is 2.33. The van der Waals surface area contributed by atoms with Gasteiger partial charge in [0.05, 0.1) is 35.3 Å². The molecule has 0 spiro atoms. The second-order valence-corrected chi connectivity index (χ2v) is 9.91. The van der Waals surface area contributed by atoms with E-state index in [2.05, 4.69) is 4.68 Å². The predicted octanol–water partition coefficient (Wildman–Crippen LogP) is 7.16. The van der Waals surface area contributed by atoms with Crippen LogP contribution >= 0.6 is 11.6 Å². The molecule has 0 radical (unpaired) electrons. The minimum Gasteiger partial charge on any atom is -0.490 e. The maximum atomic E-state index is 14.6. The summed E-state index contributed by atoms with van der Waals surface area (Å²) in [6, 6.07) is 14.2. The van der Waals surface area contributed by atoms with Crippen LogP contribution in [0.25, 0.3) is 5.69 Å². The van der Waals surface area contributed by atoms with Crippen molar-refractivity contribution in [2.24, 2.45) is 5.92 Å². The molecule has 1 atom stereocenters. The molecule has 6 heteroatoms. The molecule has 0 amide bonds. The number of aryl methyl sites for hydroxylation is 1. The summed E-state index contributed by atoms with van der Waals surface area (Å²) >= 11 is 6.17. The zero-order chi connectivity index (χ0) is 23.5. The molecule has 2 aliphatic rings. The Morgan fingerprint density at radius 2 is 1.82 bits per heavy atom. The summed E-state index contributed by atoms with van der Waals surface area (Å²) in [6.45, 7) is 0.388. The van der Waals surface area contributed by atoms with E-state index in [4.69, 9.17) is 26.7 Å². The van der Waals surface area contributed by atoms with Crippen molar-refractivity contribution in [1.29, 1.82) is 5.26 Å². The Labute approximate surface area is 205 Å². The van der Waals surface area contributed by atoms with E-state index in [1.807, 2.05) is 30.3 Å². The third-order valence-corrected chi connectivity index (χ3v) is 7.57. The maximum absolute atomic E-state index is 14.6. The molecule has 0 aliphatic heterocycles. The van der Waals surface area contributed by atoms with Crippen LogP contribution in [0.15, 0.2) is 42.5 Å². The summed E-state index contributed by atoms with van der Waals surface area (Å²) in [5, 5.41) is 14.8. The van der Waals surface area contributed by atoms with Gasteiger partial charge in [-0.25, -0.2) is 9.07 Å². The third-order valence-electron chi connectivity index (χ3n) is 7.32. The second kappa shape index (κ2) is 10.2. The second-order valence-electron chi connectivity index (χ2n) is 9.48. The van der Waals surface area contributed by atoms with Gasteiger partial charge < -0.3 is 4.74 Å². The zero-order valence-corrected chi connectivity index (χ0v) is 20.0. The fourth-order valence-corrected chi connectivity index (χ4v) is 5.71. The average molecular weight is 478 g/mol. The molecule has 1 fully saturated rings. The van der Waals surface area contributed by atoms with Crippen molar-refractivity contribution in [1.82, 2.24) is 9.78 Å². The first-order valence-corrected chi connectivity index (χ1v) is 12.7. The van der Waals surface area contributed by atoms with Gasteiger partial charge in [-0.15, -0.1) is 0 Å². The van der Waals surface area contributed by atoms with Gasteiger partial charge in [-0.2, -0.15) is 10.4 Å². The van der Waals surface area contributed by atoms with Gasteiger partial charge in [0.25, 0.3) is 0 Å². The van der Waals surface area contributed by atoms with Crippen LogP contribution in [0.2, 0.25) is 5.02 Å². The van der Waals surface area contributed by atoms with E-state index >= 15 is 0 Å². The highest BCUT2D eigenvalue weighted by molar-refractivity contribution is 6.30. The van der Waals surface area contributed by atoms with Gasteiger partial charge in [0.15, 0.2) is 11.6 Å². The van der Waals surface area contributed by atoms with E-state index in [-0.39, 0.29) is 11.7 Å². The normalized spacial score (nSPS) is 17.1. The Bertz CT molecular complexity index is 1190. The summed E-state index contributed by atoms with van der Waals surface area (Å²) in [4.78, 5) is 0. The van der Waals surface area contributed by atoms with Gasteiger partial charge in [-0.1, -0.05) is 30.9 Å². The van der Waals surface area contributed by atoms with E-state index in [1.165, 1.54) is 42.3 Å². The fraction of sp³-hybridized carbons (Fsp3) is 0.429. The number of nitriles is 1. The van der Waals surface area contributed by atoms with Crippen LogP contribution < -0.4 is 4.74 Å². The SMILES string of the molecule is N#Cc1ccc(OCC(c2c3c(nn2-c2ccc(Cl)cc2)CCCC3)C2CCCCC2)c(F)c1. The van der Waals surface area contributed by atoms with Gasteiger partial charge in [-0.3, -0.25) is 0 Å². The lowest BCUT2D eigenvalue weighted by atomic mass is 9.77. The molecule has 1 unspecified atom stereocenters. The number of nitrogens with zero attached hydrogens (tertiary/aromatic N) is 3. The molecule has 1 saturated carbocycles.